The van der Waals surface area contributed by atoms with E-state index in [2.05, 4.69) is 4.72 Å². The number of thiophene rings is 1. The Morgan fingerprint density at radius 1 is 1.25 bits per heavy atom. The first-order chi connectivity index (χ1) is 9.53. The maximum atomic E-state index is 12.9. The zero-order valence-electron chi connectivity index (χ0n) is 11.0. The molecule has 0 aliphatic heterocycles. The fraction of sp³-hybridized carbons (Fsp3) is 0.286. The molecule has 1 N–H and O–H groups in total. The lowest BCUT2D eigenvalue weighted by Gasteiger charge is -2.17. The van der Waals surface area contributed by atoms with E-state index < -0.39 is 15.8 Å². The van der Waals surface area contributed by atoms with Crippen molar-refractivity contribution in [2.75, 3.05) is 0 Å². The molecule has 2 aromatic rings. The molecule has 0 aliphatic rings. The van der Waals surface area contributed by atoms with Gasteiger partial charge in [-0.25, -0.2) is 17.5 Å². The zero-order valence-corrected chi connectivity index (χ0v) is 12.7. The number of hydrogen-bond donors (Lipinski definition) is 1. The van der Waals surface area contributed by atoms with E-state index in [0.717, 1.165) is 29.9 Å². The molecular formula is C14H16FNO2S2. The number of hydrogen-bond acceptors (Lipinski definition) is 3. The lowest BCUT2D eigenvalue weighted by atomic mass is 10.1. The summed E-state index contributed by atoms with van der Waals surface area (Å²) in [4.78, 5) is 1.06. The van der Waals surface area contributed by atoms with Crippen LogP contribution in [0.3, 0.4) is 0 Å². The molecule has 108 valence electrons. The van der Waals surface area contributed by atoms with E-state index in [9.17, 15) is 12.8 Å². The number of benzene rings is 1. The van der Waals surface area contributed by atoms with E-state index in [1.807, 2.05) is 24.4 Å². The minimum atomic E-state index is -3.63. The molecule has 0 radical (unpaired) electrons. The Kier molecular flexibility index (Phi) is 4.91. The van der Waals surface area contributed by atoms with Crippen LogP contribution in [0.25, 0.3) is 0 Å². The minimum Gasteiger partial charge on any atom is -0.207 e. The van der Waals surface area contributed by atoms with Crippen molar-refractivity contribution in [2.24, 2.45) is 0 Å². The molecule has 0 saturated heterocycles. The Balaban J connectivity index is 2.23. The van der Waals surface area contributed by atoms with Crippen molar-refractivity contribution in [1.82, 2.24) is 4.72 Å². The summed E-state index contributed by atoms with van der Waals surface area (Å²) in [5, 5.41) is 1.92. The molecule has 3 nitrogen and oxygen atoms in total. The molecule has 1 unspecified atom stereocenters. The first-order valence-electron chi connectivity index (χ1n) is 6.34. The second kappa shape index (κ2) is 6.47. The molecule has 2 rings (SSSR count). The lowest BCUT2D eigenvalue weighted by molar-refractivity contribution is 0.540. The van der Waals surface area contributed by atoms with Gasteiger partial charge in [-0.3, -0.25) is 0 Å². The van der Waals surface area contributed by atoms with Gasteiger partial charge in [0.1, 0.15) is 5.82 Å². The Labute approximate surface area is 122 Å². The third-order valence-corrected chi connectivity index (χ3v) is 5.36. The van der Waals surface area contributed by atoms with Gasteiger partial charge < -0.3 is 0 Å². The number of sulfonamides is 1. The van der Waals surface area contributed by atoms with E-state index in [-0.39, 0.29) is 10.9 Å². The minimum absolute atomic E-state index is 0.0801. The highest BCUT2D eigenvalue weighted by molar-refractivity contribution is 7.89. The molecule has 0 saturated carbocycles. The van der Waals surface area contributed by atoms with Crippen LogP contribution in [0.5, 0.6) is 0 Å². The standard InChI is InChI=1S/C14H16FNO2S2/c1-2-4-13(14-5-3-10-19-14)16-20(17,18)12-8-6-11(15)7-9-12/h3,5-10,13,16H,2,4H2,1H3. The molecule has 0 bridgehead atoms. The molecule has 0 amide bonds. The summed E-state index contributed by atoms with van der Waals surface area (Å²) in [5.41, 5.74) is 0. The molecule has 1 aromatic heterocycles. The van der Waals surface area contributed by atoms with E-state index in [1.54, 1.807) is 0 Å². The zero-order chi connectivity index (χ0) is 14.6. The van der Waals surface area contributed by atoms with Crippen LogP contribution in [0.4, 0.5) is 4.39 Å². The van der Waals surface area contributed by atoms with Gasteiger partial charge in [-0.2, -0.15) is 0 Å². The maximum Gasteiger partial charge on any atom is 0.241 e. The molecule has 0 aliphatic carbocycles. The fourth-order valence-electron chi connectivity index (χ4n) is 1.91. The predicted octanol–water partition coefficient (Wildman–Crippen LogP) is 3.71. The average Bonchev–Trinajstić information content (AvgIpc) is 2.92. The van der Waals surface area contributed by atoms with Crippen molar-refractivity contribution < 1.29 is 12.8 Å². The van der Waals surface area contributed by atoms with Crippen LogP contribution < -0.4 is 4.72 Å². The van der Waals surface area contributed by atoms with Crippen LogP contribution in [0.1, 0.15) is 30.7 Å². The summed E-state index contributed by atoms with van der Waals surface area (Å²) in [5.74, 6) is -0.452. The van der Waals surface area contributed by atoms with E-state index in [1.165, 1.54) is 23.5 Å². The summed E-state index contributed by atoms with van der Waals surface area (Å²) >= 11 is 1.52. The van der Waals surface area contributed by atoms with E-state index in [4.69, 9.17) is 0 Å². The van der Waals surface area contributed by atoms with Gasteiger partial charge in [0.2, 0.25) is 10.0 Å². The van der Waals surface area contributed by atoms with E-state index in [0.29, 0.717) is 0 Å². The second-order valence-electron chi connectivity index (χ2n) is 4.43. The van der Waals surface area contributed by atoms with Gasteiger partial charge in [0.15, 0.2) is 0 Å². The summed E-state index contributed by atoms with van der Waals surface area (Å²) < 4.78 is 40.2. The van der Waals surface area contributed by atoms with Crippen LogP contribution in [0.2, 0.25) is 0 Å². The van der Waals surface area contributed by atoms with Crippen molar-refractivity contribution >= 4 is 21.4 Å². The van der Waals surface area contributed by atoms with Crippen LogP contribution in [0.15, 0.2) is 46.7 Å². The number of halogens is 1. The third kappa shape index (κ3) is 3.65. The Bertz CT molecular complexity index is 636. The summed E-state index contributed by atoms with van der Waals surface area (Å²) in [6.45, 7) is 2.01. The Hall–Kier alpha value is -1.24. The predicted molar refractivity (Wildman–Crippen MR) is 78.7 cm³/mol. The first kappa shape index (κ1) is 15.2. The second-order valence-corrected chi connectivity index (χ2v) is 7.13. The summed E-state index contributed by atoms with van der Waals surface area (Å²) in [6.07, 6.45) is 1.59. The Morgan fingerprint density at radius 2 is 1.95 bits per heavy atom. The monoisotopic (exact) mass is 313 g/mol. The maximum absolute atomic E-state index is 12.9. The third-order valence-electron chi connectivity index (χ3n) is 2.89. The molecule has 1 aromatic carbocycles. The molecule has 0 fully saturated rings. The van der Waals surface area contributed by atoms with Crippen LogP contribution in [0, 0.1) is 5.82 Å². The Morgan fingerprint density at radius 3 is 2.50 bits per heavy atom. The van der Waals surface area contributed by atoms with Gasteiger partial charge in [-0.05, 0) is 42.1 Å². The van der Waals surface area contributed by atoms with Crippen LogP contribution in [-0.4, -0.2) is 8.42 Å². The van der Waals surface area contributed by atoms with Gasteiger partial charge in [0.25, 0.3) is 0 Å². The van der Waals surface area contributed by atoms with Gasteiger partial charge in [-0.15, -0.1) is 11.3 Å². The smallest absolute Gasteiger partial charge is 0.207 e. The highest BCUT2D eigenvalue weighted by Gasteiger charge is 2.21. The largest absolute Gasteiger partial charge is 0.241 e. The highest BCUT2D eigenvalue weighted by Crippen LogP contribution is 2.25. The van der Waals surface area contributed by atoms with Gasteiger partial charge >= 0.3 is 0 Å². The average molecular weight is 313 g/mol. The number of nitrogens with one attached hydrogen (secondary N) is 1. The molecular weight excluding hydrogens is 297 g/mol. The quantitative estimate of drug-likeness (QED) is 0.883. The SMILES string of the molecule is CCCC(NS(=O)(=O)c1ccc(F)cc1)c1cccs1. The van der Waals surface area contributed by atoms with Crippen LogP contribution in [-0.2, 0) is 10.0 Å². The van der Waals surface area contributed by atoms with Gasteiger partial charge in [-0.1, -0.05) is 19.4 Å². The van der Waals surface area contributed by atoms with Gasteiger partial charge in [0, 0.05) is 4.88 Å². The summed E-state index contributed by atoms with van der Waals surface area (Å²) in [7, 11) is -3.63. The highest BCUT2D eigenvalue weighted by atomic mass is 32.2. The van der Waals surface area contributed by atoms with E-state index >= 15 is 0 Å². The van der Waals surface area contributed by atoms with Crippen molar-refractivity contribution in [3.05, 3.63) is 52.5 Å². The topological polar surface area (TPSA) is 46.2 Å². The molecule has 20 heavy (non-hydrogen) atoms. The summed E-state index contributed by atoms with van der Waals surface area (Å²) in [6, 6.07) is 8.41. The lowest BCUT2D eigenvalue weighted by Crippen LogP contribution is -2.28. The number of rotatable bonds is 6. The van der Waals surface area contributed by atoms with Crippen molar-refractivity contribution in [3.8, 4) is 0 Å². The van der Waals surface area contributed by atoms with Crippen molar-refractivity contribution in [3.63, 3.8) is 0 Å². The van der Waals surface area contributed by atoms with Gasteiger partial charge in [0.05, 0.1) is 10.9 Å². The molecule has 1 heterocycles. The molecule has 0 spiro atoms. The molecule has 1 atom stereocenters. The fourth-order valence-corrected chi connectivity index (χ4v) is 4.04. The first-order valence-corrected chi connectivity index (χ1v) is 8.70. The normalized spacial score (nSPS) is 13.3. The van der Waals surface area contributed by atoms with Crippen LogP contribution >= 0.6 is 11.3 Å². The van der Waals surface area contributed by atoms with Crippen molar-refractivity contribution in [2.45, 2.75) is 30.7 Å². The van der Waals surface area contributed by atoms with Crippen molar-refractivity contribution in [1.29, 1.82) is 0 Å². The molecule has 6 heteroatoms.